The van der Waals surface area contributed by atoms with Crippen LogP contribution in [0.15, 0.2) is 48.5 Å². The molecule has 0 bridgehead atoms. The summed E-state index contributed by atoms with van der Waals surface area (Å²) in [7, 11) is 3.09. The Labute approximate surface area is 149 Å². The van der Waals surface area contributed by atoms with Crippen molar-refractivity contribution < 1.29 is 14.3 Å². The molecular formula is C20H26N2O3. The van der Waals surface area contributed by atoms with E-state index in [0.29, 0.717) is 23.6 Å². The highest BCUT2D eigenvalue weighted by molar-refractivity contribution is 5.97. The molecule has 0 unspecified atom stereocenters. The van der Waals surface area contributed by atoms with Crippen LogP contribution in [0.25, 0.3) is 0 Å². The molecule has 0 atom stereocenters. The van der Waals surface area contributed by atoms with E-state index >= 15 is 0 Å². The molecule has 0 aliphatic heterocycles. The predicted molar refractivity (Wildman–Crippen MR) is 101 cm³/mol. The quantitative estimate of drug-likeness (QED) is 0.710. The summed E-state index contributed by atoms with van der Waals surface area (Å²) in [6, 6.07) is 15.6. The van der Waals surface area contributed by atoms with Gasteiger partial charge in [-0.15, -0.1) is 0 Å². The first-order valence-electron chi connectivity index (χ1n) is 8.50. The number of amides is 1. The number of rotatable bonds is 9. The number of methoxy groups -OCH3 is 2. The van der Waals surface area contributed by atoms with Gasteiger partial charge in [-0.1, -0.05) is 24.3 Å². The third-order valence-corrected chi connectivity index (χ3v) is 4.04. The number of ether oxygens (including phenoxy) is 2. The first-order valence-corrected chi connectivity index (χ1v) is 8.50. The van der Waals surface area contributed by atoms with Crippen LogP contribution in [-0.4, -0.2) is 39.8 Å². The molecule has 2 aromatic carbocycles. The molecule has 0 saturated carbocycles. The van der Waals surface area contributed by atoms with Crippen molar-refractivity contribution in [3.8, 4) is 11.5 Å². The Morgan fingerprint density at radius 1 is 1.04 bits per heavy atom. The topological polar surface area (TPSA) is 50.8 Å². The lowest BCUT2D eigenvalue weighted by Crippen LogP contribution is -2.30. The van der Waals surface area contributed by atoms with Crippen molar-refractivity contribution >= 4 is 11.6 Å². The molecule has 25 heavy (non-hydrogen) atoms. The molecule has 0 aliphatic rings. The van der Waals surface area contributed by atoms with E-state index in [1.807, 2.05) is 18.2 Å². The minimum Gasteiger partial charge on any atom is -0.493 e. The van der Waals surface area contributed by atoms with Crippen LogP contribution in [0.1, 0.15) is 23.7 Å². The fraction of sp³-hybridized carbons (Fsp3) is 0.350. The lowest BCUT2D eigenvalue weighted by molar-refractivity contribution is 0.0949. The molecule has 0 aromatic heterocycles. The highest BCUT2D eigenvalue weighted by Gasteiger charge is 2.15. The molecule has 1 amide bonds. The van der Waals surface area contributed by atoms with E-state index in [4.69, 9.17) is 9.47 Å². The summed E-state index contributed by atoms with van der Waals surface area (Å²) < 4.78 is 10.6. The maximum absolute atomic E-state index is 12.4. The van der Waals surface area contributed by atoms with Gasteiger partial charge in [-0.3, -0.25) is 4.79 Å². The number of carbonyl (C=O) groups is 1. The monoisotopic (exact) mass is 342 g/mol. The molecule has 134 valence electrons. The van der Waals surface area contributed by atoms with Crippen molar-refractivity contribution in [3.63, 3.8) is 0 Å². The van der Waals surface area contributed by atoms with Crippen LogP contribution in [0.4, 0.5) is 5.69 Å². The molecule has 0 aliphatic carbocycles. The Bertz CT molecular complexity index is 674. The first-order chi connectivity index (χ1) is 12.2. The molecule has 0 radical (unpaired) electrons. The molecule has 2 rings (SSSR count). The van der Waals surface area contributed by atoms with Crippen LogP contribution >= 0.6 is 0 Å². The second kappa shape index (κ2) is 9.57. The largest absolute Gasteiger partial charge is 0.493 e. The number of anilines is 1. The van der Waals surface area contributed by atoms with Gasteiger partial charge >= 0.3 is 0 Å². The van der Waals surface area contributed by atoms with E-state index in [9.17, 15) is 4.79 Å². The average Bonchev–Trinajstić information content (AvgIpc) is 2.67. The van der Waals surface area contributed by atoms with E-state index in [-0.39, 0.29) is 5.91 Å². The van der Waals surface area contributed by atoms with Gasteiger partial charge in [0.2, 0.25) is 0 Å². The Kier molecular flexibility index (Phi) is 7.14. The summed E-state index contributed by atoms with van der Waals surface area (Å²) in [4.78, 5) is 14.7. The highest BCUT2D eigenvalue weighted by Crippen LogP contribution is 2.30. The smallest absolute Gasteiger partial charge is 0.255 e. The Hall–Kier alpha value is -2.69. The Morgan fingerprint density at radius 3 is 2.44 bits per heavy atom. The highest BCUT2D eigenvalue weighted by atomic mass is 16.5. The van der Waals surface area contributed by atoms with E-state index in [2.05, 4.69) is 29.3 Å². The molecule has 0 spiro atoms. The van der Waals surface area contributed by atoms with Crippen LogP contribution in [0.3, 0.4) is 0 Å². The summed E-state index contributed by atoms with van der Waals surface area (Å²) in [6.07, 6.45) is 0.862. The molecule has 0 saturated heterocycles. The van der Waals surface area contributed by atoms with Crippen LogP contribution in [0.2, 0.25) is 0 Å². The van der Waals surface area contributed by atoms with Crippen molar-refractivity contribution in [2.75, 3.05) is 38.8 Å². The summed E-state index contributed by atoms with van der Waals surface area (Å²) in [5.41, 5.74) is 1.68. The van der Waals surface area contributed by atoms with Gasteiger partial charge in [-0.05, 0) is 37.6 Å². The van der Waals surface area contributed by atoms with Crippen LogP contribution in [0.5, 0.6) is 11.5 Å². The van der Waals surface area contributed by atoms with E-state index in [1.54, 1.807) is 25.3 Å². The lowest BCUT2D eigenvalue weighted by Gasteiger charge is -2.23. The van der Waals surface area contributed by atoms with Gasteiger partial charge in [-0.2, -0.15) is 0 Å². The van der Waals surface area contributed by atoms with Gasteiger partial charge in [0, 0.05) is 25.3 Å². The number of carbonyl (C=O) groups excluding carboxylic acids is 1. The third kappa shape index (κ3) is 4.89. The predicted octanol–water partition coefficient (Wildman–Crippen LogP) is 3.35. The van der Waals surface area contributed by atoms with Gasteiger partial charge in [0.1, 0.15) is 0 Å². The van der Waals surface area contributed by atoms with Crippen molar-refractivity contribution in [1.29, 1.82) is 0 Å². The minimum absolute atomic E-state index is 0.154. The van der Waals surface area contributed by atoms with Crippen LogP contribution in [-0.2, 0) is 0 Å². The summed E-state index contributed by atoms with van der Waals surface area (Å²) >= 11 is 0. The van der Waals surface area contributed by atoms with Gasteiger partial charge in [0.15, 0.2) is 11.5 Å². The zero-order valence-electron chi connectivity index (χ0n) is 15.1. The molecule has 5 nitrogen and oxygen atoms in total. The molecular weight excluding hydrogens is 316 g/mol. The standard InChI is InChI=1S/C20H26N2O3/c1-4-22(16-10-6-5-7-11-16)15-9-14-21-20(23)17-12-8-13-18(24-2)19(17)25-3/h5-8,10-13H,4,9,14-15H2,1-3H3,(H,21,23). The number of hydrogen-bond acceptors (Lipinski definition) is 4. The molecule has 1 N–H and O–H groups in total. The number of para-hydroxylation sites is 2. The second-order valence-corrected chi connectivity index (χ2v) is 5.57. The fourth-order valence-corrected chi connectivity index (χ4v) is 2.74. The lowest BCUT2D eigenvalue weighted by atomic mass is 10.1. The molecule has 0 fully saturated rings. The van der Waals surface area contributed by atoms with Gasteiger partial charge in [0.25, 0.3) is 5.91 Å². The summed E-state index contributed by atoms with van der Waals surface area (Å²) in [6.45, 7) is 4.55. The van der Waals surface area contributed by atoms with E-state index in [0.717, 1.165) is 19.5 Å². The molecule has 5 heteroatoms. The van der Waals surface area contributed by atoms with E-state index < -0.39 is 0 Å². The SMILES string of the molecule is CCN(CCCNC(=O)c1cccc(OC)c1OC)c1ccccc1. The number of nitrogens with one attached hydrogen (secondary N) is 1. The minimum atomic E-state index is -0.154. The zero-order chi connectivity index (χ0) is 18.1. The van der Waals surface area contributed by atoms with Crippen LogP contribution < -0.4 is 19.7 Å². The third-order valence-electron chi connectivity index (χ3n) is 4.04. The van der Waals surface area contributed by atoms with Crippen molar-refractivity contribution in [2.45, 2.75) is 13.3 Å². The zero-order valence-corrected chi connectivity index (χ0v) is 15.1. The summed E-state index contributed by atoms with van der Waals surface area (Å²) in [5, 5.41) is 2.95. The maximum atomic E-state index is 12.4. The fourth-order valence-electron chi connectivity index (χ4n) is 2.74. The number of nitrogens with zero attached hydrogens (tertiary/aromatic N) is 1. The van der Waals surface area contributed by atoms with Gasteiger partial charge in [-0.25, -0.2) is 0 Å². The van der Waals surface area contributed by atoms with E-state index in [1.165, 1.54) is 12.8 Å². The average molecular weight is 342 g/mol. The number of benzene rings is 2. The summed E-state index contributed by atoms with van der Waals surface area (Å²) in [5.74, 6) is 0.858. The van der Waals surface area contributed by atoms with Crippen molar-refractivity contribution in [2.24, 2.45) is 0 Å². The van der Waals surface area contributed by atoms with Gasteiger partial charge in [0.05, 0.1) is 19.8 Å². The Balaban J connectivity index is 1.88. The first kappa shape index (κ1) is 18.6. The maximum Gasteiger partial charge on any atom is 0.255 e. The molecule has 2 aromatic rings. The van der Waals surface area contributed by atoms with Crippen molar-refractivity contribution in [3.05, 3.63) is 54.1 Å². The molecule has 0 heterocycles. The number of hydrogen-bond donors (Lipinski definition) is 1. The Morgan fingerprint density at radius 2 is 1.80 bits per heavy atom. The van der Waals surface area contributed by atoms with Crippen molar-refractivity contribution in [1.82, 2.24) is 5.32 Å². The second-order valence-electron chi connectivity index (χ2n) is 5.57. The normalized spacial score (nSPS) is 10.2. The van der Waals surface area contributed by atoms with Crippen LogP contribution in [0, 0.1) is 0 Å². The van der Waals surface area contributed by atoms with Gasteiger partial charge < -0.3 is 19.7 Å².